The summed E-state index contributed by atoms with van der Waals surface area (Å²) in [5, 5.41) is 0. The molecule has 0 radical (unpaired) electrons. The maximum Gasteiger partial charge on any atom is 0.0443 e. The number of halogens is 1. The van der Waals surface area contributed by atoms with Gasteiger partial charge in [0, 0.05) is 4.83 Å². The Bertz CT molecular complexity index is 506. The van der Waals surface area contributed by atoms with Crippen LogP contribution in [-0.2, 0) is 6.42 Å². The molecule has 0 saturated carbocycles. The second-order valence-corrected chi connectivity index (χ2v) is 7.05. The van der Waals surface area contributed by atoms with Gasteiger partial charge in [0.15, 0.2) is 0 Å². The van der Waals surface area contributed by atoms with Gasteiger partial charge in [0.25, 0.3) is 0 Å². The number of hydrogen-bond donors (Lipinski definition) is 0. The van der Waals surface area contributed by atoms with E-state index in [2.05, 4.69) is 91.3 Å². The second-order valence-electron chi connectivity index (χ2n) is 6.13. The molecule has 2 rings (SSSR count). The maximum atomic E-state index is 3.80. The van der Waals surface area contributed by atoms with Gasteiger partial charge in [-0.15, -0.1) is 0 Å². The third-order valence-corrected chi connectivity index (χ3v) is 5.19. The van der Waals surface area contributed by atoms with Gasteiger partial charge in [-0.3, -0.25) is 0 Å². The highest BCUT2D eigenvalue weighted by Crippen LogP contribution is 2.39. The molecule has 0 nitrogen and oxygen atoms in total. The Morgan fingerprint density at radius 3 is 1.89 bits per heavy atom. The Hall–Kier alpha value is -1.08. The van der Waals surface area contributed by atoms with Crippen molar-refractivity contribution in [3.05, 3.63) is 71.3 Å². The summed E-state index contributed by atoms with van der Waals surface area (Å²) in [6, 6.07) is 19.6. The molecular formula is C18H21Br. The van der Waals surface area contributed by atoms with Crippen molar-refractivity contribution < 1.29 is 0 Å². The van der Waals surface area contributed by atoms with Crippen LogP contribution in [0.4, 0.5) is 0 Å². The second kappa shape index (κ2) is 5.92. The minimum atomic E-state index is 0.237. The molecule has 0 saturated heterocycles. The first-order valence-electron chi connectivity index (χ1n) is 6.73. The predicted octanol–water partition coefficient (Wildman–Crippen LogP) is 5.76. The van der Waals surface area contributed by atoms with E-state index in [0.29, 0.717) is 4.83 Å². The van der Waals surface area contributed by atoms with E-state index in [-0.39, 0.29) is 5.41 Å². The van der Waals surface area contributed by atoms with Gasteiger partial charge in [0.2, 0.25) is 0 Å². The number of alkyl halides is 1. The van der Waals surface area contributed by atoms with Gasteiger partial charge < -0.3 is 0 Å². The van der Waals surface area contributed by atoms with E-state index < -0.39 is 0 Å². The standard InChI is InChI=1S/C18H21Br/c1-18(2,3)17(19)16-11-9-15(10-12-16)13-14-7-5-4-6-8-14/h4-12,17H,13H2,1-3H3. The Labute approximate surface area is 125 Å². The van der Waals surface area contributed by atoms with Crippen LogP contribution < -0.4 is 0 Å². The molecule has 0 aliphatic rings. The minimum Gasteiger partial charge on any atom is -0.0833 e. The highest BCUT2D eigenvalue weighted by Gasteiger charge is 2.23. The van der Waals surface area contributed by atoms with Crippen molar-refractivity contribution in [2.24, 2.45) is 5.41 Å². The Morgan fingerprint density at radius 2 is 1.37 bits per heavy atom. The lowest BCUT2D eigenvalue weighted by Crippen LogP contribution is -2.12. The third-order valence-electron chi connectivity index (χ3n) is 3.28. The van der Waals surface area contributed by atoms with Crippen LogP contribution in [0.25, 0.3) is 0 Å². The predicted molar refractivity (Wildman–Crippen MR) is 86.8 cm³/mol. The fourth-order valence-electron chi connectivity index (χ4n) is 2.14. The van der Waals surface area contributed by atoms with E-state index in [4.69, 9.17) is 0 Å². The molecule has 19 heavy (non-hydrogen) atoms. The molecule has 1 heteroatoms. The van der Waals surface area contributed by atoms with Crippen molar-refractivity contribution in [1.82, 2.24) is 0 Å². The average molecular weight is 317 g/mol. The largest absolute Gasteiger partial charge is 0.0833 e. The summed E-state index contributed by atoms with van der Waals surface area (Å²) in [5.74, 6) is 0. The van der Waals surface area contributed by atoms with Gasteiger partial charge in [-0.05, 0) is 28.5 Å². The van der Waals surface area contributed by atoms with E-state index in [0.717, 1.165) is 6.42 Å². The molecule has 0 amide bonds. The summed E-state index contributed by atoms with van der Waals surface area (Å²) in [6.07, 6.45) is 1.00. The van der Waals surface area contributed by atoms with E-state index in [9.17, 15) is 0 Å². The summed E-state index contributed by atoms with van der Waals surface area (Å²) in [7, 11) is 0. The number of rotatable bonds is 3. The van der Waals surface area contributed by atoms with E-state index in [1.807, 2.05) is 0 Å². The fraction of sp³-hybridized carbons (Fsp3) is 0.333. The van der Waals surface area contributed by atoms with Crippen molar-refractivity contribution in [3.63, 3.8) is 0 Å². The topological polar surface area (TPSA) is 0 Å². The molecule has 1 atom stereocenters. The smallest absolute Gasteiger partial charge is 0.0443 e. The molecule has 0 aromatic heterocycles. The average Bonchev–Trinajstić information content (AvgIpc) is 2.39. The van der Waals surface area contributed by atoms with Gasteiger partial charge in [-0.25, -0.2) is 0 Å². The van der Waals surface area contributed by atoms with Gasteiger partial charge in [0.1, 0.15) is 0 Å². The number of benzene rings is 2. The zero-order valence-corrected chi connectivity index (χ0v) is 13.4. The van der Waals surface area contributed by atoms with Crippen LogP contribution in [0.5, 0.6) is 0 Å². The first kappa shape index (κ1) is 14.3. The van der Waals surface area contributed by atoms with Crippen LogP contribution in [0.2, 0.25) is 0 Å². The Morgan fingerprint density at radius 1 is 0.842 bits per heavy atom. The third kappa shape index (κ3) is 3.94. The van der Waals surface area contributed by atoms with Crippen LogP contribution in [0, 0.1) is 5.41 Å². The fourth-order valence-corrected chi connectivity index (χ4v) is 2.44. The van der Waals surface area contributed by atoms with Crippen LogP contribution in [0.1, 0.15) is 42.3 Å². The SMILES string of the molecule is CC(C)(C)C(Br)c1ccc(Cc2ccccc2)cc1. The molecule has 0 aliphatic heterocycles. The molecule has 0 N–H and O–H groups in total. The molecule has 0 spiro atoms. The maximum absolute atomic E-state index is 3.80. The van der Waals surface area contributed by atoms with Crippen molar-refractivity contribution in [3.8, 4) is 0 Å². The normalized spacial score (nSPS) is 13.3. The molecule has 2 aromatic rings. The molecule has 0 fully saturated rings. The van der Waals surface area contributed by atoms with Crippen LogP contribution >= 0.6 is 15.9 Å². The molecule has 0 heterocycles. The molecule has 100 valence electrons. The van der Waals surface area contributed by atoms with Gasteiger partial charge in [0.05, 0.1) is 0 Å². The van der Waals surface area contributed by atoms with Crippen LogP contribution in [-0.4, -0.2) is 0 Å². The summed E-state index contributed by atoms with van der Waals surface area (Å²) >= 11 is 3.80. The first-order chi connectivity index (χ1) is 8.97. The molecule has 0 bridgehead atoms. The summed E-state index contributed by atoms with van der Waals surface area (Å²) in [4.78, 5) is 0.394. The van der Waals surface area contributed by atoms with E-state index in [1.54, 1.807) is 0 Å². The van der Waals surface area contributed by atoms with E-state index >= 15 is 0 Å². The Balaban J connectivity index is 2.11. The monoisotopic (exact) mass is 316 g/mol. The summed E-state index contributed by atoms with van der Waals surface area (Å²) in [6.45, 7) is 6.76. The van der Waals surface area contributed by atoms with Crippen molar-refractivity contribution in [2.75, 3.05) is 0 Å². The quantitative estimate of drug-likeness (QED) is 0.631. The van der Waals surface area contributed by atoms with Crippen molar-refractivity contribution in [2.45, 2.75) is 32.0 Å². The first-order valence-corrected chi connectivity index (χ1v) is 7.65. The van der Waals surface area contributed by atoms with Crippen LogP contribution in [0.3, 0.4) is 0 Å². The Kier molecular flexibility index (Phi) is 4.46. The van der Waals surface area contributed by atoms with Gasteiger partial charge in [-0.1, -0.05) is 91.3 Å². The van der Waals surface area contributed by atoms with Crippen molar-refractivity contribution >= 4 is 15.9 Å². The molecule has 0 aliphatic carbocycles. The van der Waals surface area contributed by atoms with Gasteiger partial charge in [-0.2, -0.15) is 0 Å². The lowest BCUT2D eigenvalue weighted by molar-refractivity contribution is 0.407. The van der Waals surface area contributed by atoms with E-state index in [1.165, 1.54) is 16.7 Å². The molecule has 1 unspecified atom stereocenters. The molecular weight excluding hydrogens is 296 g/mol. The highest BCUT2D eigenvalue weighted by molar-refractivity contribution is 9.09. The zero-order chi connectivity index (χ0) is 13.9. The zero-order valence-electron chi connectivity index (χ0n) is 11.9. The summed E-state index contributed by atoms with van der Waals surface area (Å²) < 4.78 is 0. The molecule has 2 aromatic carbocycles. The van der Waals surface area contributed by atoms with Crippen molar-refractivity contribution in [1.29, 1.82) is 0 Å². The summed E-state index contributed by atoms with van der Waals surface area (Å²) in [5.41, 5.74) is 4.32. The van der Waals surface area contributed by atoms with Gasteiger partial charge >= 0.3 is 0 Å². The lowest BCUT2D eigenvalue weighted by atomic mass is 9.87. The van der Waals surface area contributed by atoms with Crippen LogP contribution in [0.15, 0.2) is 54.6 Å². The lowest BCUT2D eigenvalue weighted by Gasteiger charge is -2.26. The number of hydrogen-bond acceptors (Lipinski definition) is 0. The highest BCUT2D eigenvalue weighted by atomic mass is 79.9. The minimum absolute atomic E-state index is 0.237.